The van der Waals surface area contributed by atoms with Crippen LogP contribution in [0.25, 0.3) is 22.5 Å². The van der Waals surface area contributed by atoms with Crippen LogP contribution in [0.4, 0.5) is 10.3 Å². The van der Waals surface area contributed by atoms with Gasteiger partial charge in [-0.2, -0.15) is 24.6 Å². The van der Waals surface area contributed by atoms with Crippen LogP contribution in [-0.2, 0) is 22.8 Å². The molecule has 316 valence electrons. The Kier molecular flexibility index (Phi) is 19.0. The third-order valence-electron chi connectivity index (χ3n) is 9.68. The molecule has 5 aromatic carbocycles. The molecule has 8 rings (SSSR count). The third-order valence-corrected chi connectivity index (χ3v) is 11.8. The molecule has 2 N–H and O–H groups in total. The van der Waals surface area contributed by atoms with Gasteiger partial charge in [-0.1, -0.05) is 65.7 Å². The van der Waals surface area contributed by atoms with Gasteiger partial charge in [-0.15, -0.1) is 34.8 Å². The molecule has 12 heteroatoms. The molecular weight excluding hydrogens is 1050 g/mol. The van der Waals surface area contributed by atoms with E-state index in [1.807, 2.05) is 41.1 Å². The fourth-order valence-electron chi connectivity index (χ4n) is 6.73. The van der Waals surface area contributed by atoms with Gasteiger partial charge in [-0.05, 0) is 140 Å². The Labute approximate surface area is 409 Å². The van der Waals surface area contributed by atoms with Crippen molar-refractivity contribution in [2.75, 3.05) is 10.6 Å². The summed E-state index contributed by atoms with van der Waals surface area (Å²) in [6.07, 6.45) is 4.11. The van der Waals surface area contributed by atoms with Crippen LogP contribution in [0.1, 0.15) is 70.8 Å². The van der Waals surface area contributed by atoms with Crippen LogP contribution < -0.4 is 10.6 Å². The number of halogens is 2. The molecular formula is C51H47BrIN5O2S2Zn. The van der Waals surface area contributed by atoms with Gasteiger partial charge in [0.2, 0.25) is 0 Å². The van der Waals surface area contributed by atoms with Crippen LogP contribution in [0, 0.1) is 52.0 Å². The van der Waals surface area contributed by atoms with E-state index < -0.39 is 0 Å². The standard InChI is InChI=1S/C26H24N2OS.C17H14IN3OS.C8H9.BrH.Zn/c1-17-9-11-20(12-10-17)15-21-13-18(2)24(19(3)14-21)23-16-30-26(27-23)28-25(29)22-7-5-4-6-8-22;1-10-7-13(18)8-11(2)15(10)14-9-23-17(20-14)21-16(22)12-3-5-19-6-4-12;1-7-3-5-8(2)6-4-7;;/h4-14,16H,15H2,1-3H3,(H,27,28,29);3-9H,1-2H3,(H,20,21,22);3-6H,1H2,2H3;1H;/q;;-1;;+2/p-1. The zero-order chi connectivity index (χ0) is 45.5. The number of anilines is 2. The van der Waals surface area contributed by atoms with E-state index in [1.54, 1.807) is 36.7 Å². The van der Waals surface area contributed by atoms with Crippen molar-refractivity contribution < 1.29 is 25.9 Å². The Bertz CT molecular complexity index is 2680. The van der Waals surface area contributed by atoms with Gasteiger partial charge in [-0.3, -0.25) is 25.2 Å². The molecule has 0 aliphatic carbocycles. The van der Waals surface area contributed by atoms with Gasteiger partial charge in [0.05, 0.1) is 11.4 Å². The first-order chi connectivity index (χ1) is 30.3. The van der Waals surface area contributed by atoms with E-state index in [4.69, 9.17) is 0 Å². The van der Waals surface area contributed by atoms with E-state index in [2.05, 4.69) is 171 Å². The van der Waals surface area contributed by atoms with Gasteiger partial charge in [-0.25, -0.2) is 9.97 Å². The van der Waals surface area contributed by atoms with Crippen molar-refractivity contribution in [2.24, 2.45) is 0 Å². The fraction of sp³-hybridized carbons (Fsp3) is 0.137. The third kappa shape index (κ3) is 14.6. The summed E-state index contributed by atoms with van der Waals surface area (Å²) in [5.74, 6) is -0.317. The predicted molar refractivity (Wildman–Crippen MR) is 272 cm³/mol. The second kappa shape index (κ2) is 24.3. The molecule has 7 nitrogen and oxygen atoms in total. The molecule has 0 radical (unpaired) electrons. The number of amides is 2. The van der Waals surface area contributed by atoms with Gasteiger partial charge < -0.3 is 0 Å². The Morgan fingerprint density at radius 2 is 1.03 bits per heavy atom. The molecule has 0 fully saturated rings. The number of nitrogens with zero attached hydrogens (tertiary/aromatic N) is 3. The molecule has 3 aromatic heterocycles. The number of benzene rings is 5. The molecule has 0 bridgehead atoms. The van der Waals surface area contributed by atoms with E-state index in [0.29, 0.717) is 21.4 Å². The van der Waals surface area contributed by atoms with Crippen molar-refractivity contribution in [3.05, 3.63) is 210 Å². The van der Waals surface area contributed by atoms with Crippen LogP contribution in [-0.4, -0.2) is 26.8 Å². The fourth-order valence-corrected chi connectivity index (χ4v) is 9.05. The van der Waals surface area contributed by atoms with Crippen LogP contribution in [0.3, 0.4) is 0 Å². The first-order valence-electron chi connectivity index (χ1n) is 19.9. The quantitative estimate of drug-likeness (QED) is 0.0898. The minimum atomic E-state index is -0.177. The number of nitrogens with one attached hydrogen (secondary N) is 2. The molecule has 63 heavy (non-hydrogen) atoms. The summed E-state index contributed by atoms with van der Waals surface area (Å²) >= 11 is 9.44. The summed E-state index contributed by atoms with van der Waals surface area (Å²) in [7, 11) is 0. The van der Waals surface area contributed by atoms with E-state index in [-0.39, 0.29) is 11.8 Å². The molecule has 0 aliphatic heterocycles. The molecule has 0 atom stereocenters. The summed E-state index contributed by atoms with van der Waals surface area (Å²) in [5, 5.41) is 10.9. The average Bonchev–Trinajstić information content (AvgIpc) is 3.93. The van der Waals surface area contributed by atoms with Crippen LogP contribution in [0.5, 0.6) is 0 Å². The molecule has 0 saturated heterocycles. The van der Waals surface area contributed by atoms with E-state index >= 15 is 0 Å². The van der Waals surface area contributed by atoms with E-state index in [1.165, 1.54) is 87.1 Å². The zero-order valence-corrected chi connectivity index (χ0v) is 44.5. The molecule has 3 heterocycles. The topological polar surface area (TPSA) is 96.9 Å². The predicted octanol–water partition coefficient (Wildman–Crippen LogP) is 14.3. The van der Waals surface area contributed by atoms with Crippen LogP contribution in [0.15, 0.2) is 138 Å². The second-order valence-electron chi connectivity index (χ2n) is 14.8. The Morgan fingerprint density at radius 1 is 0.603 bits per heavy atom. The number of rotatable bonds is 8. The van der Waals surface area contributed by atoms with Crippen molar-refractivity contribution in [1.29, 1.82) is 0 Å². The molecule has 8 aromatic rings. The molecule has 0 saturated carbocycles. The zero-order valence-electron chi connectivity index (χ0n) is 36.1. The average molecular weight is 1100 g/mol. The number of thiazole rings is 2. The Hall–Kier alpha value is -4.85. The molecule has 0 unspecified atom stereocenters. The normalized spacial score (nSPS) is 10.3. The van der Waals surface area contributed by atoms with Crippen molar-refractivity contribution in [3.8, 4) is 22.5 Å². The first kappa shape index (κ1) is 49.2. The van der Waals surface area contributed by atoms with Crippen molar-refractivity contribution in [2.45, 2.75) is 48.0 Å². The van der Waals surface area contributed by atoms with Crippen molar-refractivity contribution in [3.63, 3.8) is 0 Å². The number of aryl methyl sites for hydroxylation is 6. The van der Waals surface area contributed by atoms with E-state index in [9.17, 15) is 9.59 Å². The van der Waals surface area contributed by atoms with E-state index in [0.717, 1.165) is 34.5 Å². The molecule has 0 aliphatic rings. The summed E-state index contributed by atoms with van der Waals surface area (Å²) in [6.45, 7) is 16.4. The summed E-state index contributed by atoms with van der Waals surface area (Å²) in [6, 6.07) is 38.1. The number of pyridine rings is 1. The van der Waals surface area contributed by atoms with Gasteiger partial charge in [0, 0.05) is 49.0 Å². The maximum absolute atomic E-state index is 12.4. The maximum atomic E-state index is 12.4. The second-order valence-corrected chi connectivity index (χ2v) is 17.7. The van der Waals surface area contributed by atoms with Crippen LogP contribution >= 0.6 is 58.9 Å². The first-order valence-corrected chi connectivity index (χ1v) is 29.7. The summed E-state index contributed by atoms with van der Waals surface area (Å²) in [5.41, 5.74) is 16.3. The van der Waals surface area contributed by atoms with Gasteiger partial charge in [0.1, 0.15) is 0 Å². The van der Waals surface area contributed by atoms with Gasteiger partial charge in [0.25, 0.3) is 11.8 Å². The number of hydrogen-bond donors (Lipinski definition) is 2. The monoisotopic (exact) mass is 1100 g/mol. The number of hydrogen-bond acceptors (Lipinski definition) is 7. The SMILES string of the molecule is Cc1cc(I)cc(C)c1-c1csc(NC(=O)c2ccncc2)n1.Cc1ccc(Cc2cc(C)c(-c3csc(NC(=O)c4ccccc4)n3)c(C)c2)cc1.[CH2-]c1ccc(C)cc1.[Zn+][Br]. The van der Waals surface area contributed by atoms with Crippen molar-refractivity contribution in [1.82, 2.24) is 15.0 Å². The van der Waals surface area contributed by atoms with Gasteiger partial charge in [0.15, 0.2) is 10.3 Å². The number of carbonyl (C=O) groups is 2. The summed E-state index contributed by atoms with van der Waals surface area (Å²) < 4.78 is 1.21. The Morgan fingerprint density at radius 3 is 1.49 bits per heavy atom. The van der Waals surface area contributed by atoms with Gasteiger partial charge >= 0.3 is 30.0 Å². The minimum absolute atomic E-state index is 0.140. The Balaban J connectivity index is 0.000000200. The number of carbonyl (C=O) groups excluding carboxylic acids is 2. The van der Waals surface area contributed by atoms with Crippen LogP contribution in [0.2, 0.25) is 0 Å². The molecule has 0 spiro atoms. The van der Waals surface area contributed by atoms with Crippen molar-refractivity contribution >= 4 is 81.0 Å². The molecule has 2 amide bonds. The summed E-state index contributed by atoms with van der Waals surface area (Å²) in [4.78, 5) is 37.7. The number of aromatic nitrogens is 3.